The van der Waals surface area contributed by atoms with Gasteiger partial charge in [-0.05, 0) is 61.4 Å². The monoisotopic (exact) mass is 353 g/mol. The maximum Gasteiger partial charge on any atom is 0.224 e. The molecular weight excluding hydrogens is 334 g/mol. The number of aryl methyl sites for hydroxylation is 3. The zero-order valence-corrected chi connectivity index (χ0v) is 15.1. The van der Waals surface area contributed by atoms with Gasteiger partial charge in [0.15, 0.2) is 0 Å². The highest BCUT2D eigenvalue weighted by Gasteiger charge is 2.09. The van der Waals surface area contributed by atoms with E-state index in [1.165, 1.54) is 11.1 Å². The van der Waals surface area contributed by atoms with Crippen molar-refractivity contribution in [1.82, 2.24) is 0 Å². The van der Waals surface area contributed by atoms with Crippen LogP contribution in [0.3, 0.4) is 0 Å². The number of carbonyl (C=O) groups excluding carboxylic acids is 1. The van der Waals surface area contributed by atoms with E-state index in [-0.39, 0.29) is 5.91 Å². The van der Waals surface area contributed by atoms with Crippen molar-refractivity contribution in [2.24, 2.45) is 0 Å². The minimum Gasteiger partial charge on any atom is -0.461 e. The molecule has 0 atom stereocenters. The Morgan fingerprint density at radius 2 is 1.88 bits per heavy atom. The summed E-state index contributed by atoms with van der Waals surface area (Å²) < 4.78 is 5.88. The minimum atomic E-state index is -0.0635. The summed E-state index contributed by atoms with van der Waals surface area (Å²) in [5.41, 5.74) is 4.25. The number of hydrogen-bond donors (Lipinski definition) is 1. The Kier molecular flexibility index (Phi) is 5.25. The average molecular weight is 354 g/mol. The van der Waals surface area contributed by atoms with Gasteiger partial charge in [0.1, 0.15) is 11.5 Å². The van der Waals surface area contributed by atoms with E-state index in [2.05, 4.69) is 37.4 Å². The quantitative estimate of drug-likeness (QED) is 0.631. The number of nitrogens with one attached hydrogen (secondary N) is 1. The molecule has 0 fully saturated rings. The topological polar surface area (TPSA) is 42.2 Å². The SMILES string of the molecule is Cc1ccc(-c2ccc(CCC(=O)Nc3cccc(Cl)c3)o2)cc1C. The van der Waals surface area contributed by atoms with Crippen LogP contribution < -0.4 is 5.32 Å². The normalized spacial score (nSPS) is 10.7. The fourth-order valence-electron chi connectivity index (χ4n) is 2.59. The first kappa shape index (κ1) is 17.3. The molecule has 0 unspecified atom stereocenters. The van der Waals surface area contributed by atoms with Crippen LogP contribution in [0.25, 0.3) is 11.3 Å². The van der Waals surface area contributed by atoms with Crippen molar-refractivity contribution in [2.45, 2.75) is 26.7 Å². The Balaban J connectivity index is 1.59. The van der Waals surface area contributed by atoms with Crippen LogP contribution >= 0.6 is 11.6 Å². The van der Waals surface area contributed by atoms with Gasteiger partial charge >= 0.3 is 0 Å². The summed E-state index contributed by atoms with van der Waals surface area (Å²) in [6, 6.07) is 17.3. The fourth-order valence-corrected chi connectivity index (χ4v) is 2.78. The van der Waals surface area contributed by atoms with E-state index < -0.39 is 0 Å². The third-order valence-corrected chi connectivity index (χ3v) is 4.40. The number of hydrogen-bond acceptors (Lipinski definition) is 2. The molecule has 0 aliphatic rings. The van der Waals surface area contributed by atoms with Gasteiger partial charge in [0, 0.05) is 29.1 Å². The Morgan fingerprint density at radius 1 is 1.04 bits per heavy atom. The molecule has 0 aliphatic heterocycles. The van der Waals surface area contributed by atoms with Gasteiger partial charge < -0.3 is 9.73 Å². The van der Waals surface area contributed by atoms with Gasteiger partial charge in [-0.25, -0.2) is 0 Å². The number of benzene rings is 2. The van der Waals surface area contributed by atoms with E-state index in [4.69, 9.17) is 16.0 Å². The number of halogens is 1. The lowest BCUT2D eigenvalue weighted by Gasteiger charge is -2.05. The molecule has 3 nitrogen and oxygen atoms in total. The third kappa shape index (κ3) is 4.52. The van der Waals surface area contributed by atoms with Gasteiger partial charge in [-0.1, -0.05) is 29.8 Å². The second-order valence-corrected chi connectivity index (χ2v) is 6.56. The largest absolute Gasteiger partial charge is 0.461 e. The van der Waals surface area contributed by atoms with Crippen molar-refractivity contribution in [3.63, 3.8) is 0 Å². The fraction of sp³-hybridized carbons (Fsp3) is 0.190. The van der Waals surface area contributed by atoms with E-state index >= 15 is 0 Å². The van der Waals surface area contributed by atoms with Gasteiger partial charge in [-0.2, -0.15) is 0 Å². The molecule has 4 heteroatoms. The lowest BCUT2D eigenvalue weighted by Crippen LogP contribution is -2.12. The van der Waals surface area contributed by atoms with Gasteiger partial charge in [-0.3, -0.25) is 4.79 Å². The number of rotatable bonds is 5. The molecule has 0 saturated heterocycles. The van der Waals surface area contributed by atoms with Crippen molar-refractivity contribution >= 4 is 23.2 Å². The second kappa shape index (κ2) is 7.58. The van der Waals surface area contributed by atoms with Crippen molar-refractivity contribution in [3.05, 3.63) is 76.5 Å². The van der Waals surface area contributed by atoms with Crippen LogP contribution in [0.4, 0.5) is 5.69 Å². The molecule has 1 N–H and O–H groups in total. The smallest absolute Gasteiger partial charge is 0.224 e. The van der Waals surface area contributed by atoms with Crippen LogP contribution in [0.1, 0.15) is 23.3 Å². The van der Waals surface area contributed by atoms with Gasteiger partial charge in [-0.15, -0.1) is 0 Å². The van der Waals surface area contributed by atoms with Crippen molar-refractivity contribution in [1.29, 1.82) is 0 Å². The summed E-state index contributed by atoms with van der Waals surface area (Å²) in [5.74, 6) is 1.56. The summed E-state index contributed by atoms with van der Waals surface area (Å²) in [6.45, 7) is 4.17. The molecule has 1 aromatic heterocycles. The molecule has 0 saturated carbocycles. The van der Waals surface area contributed by atoms with E-state index in [1.54, 1.807) is 18.2 Å². The van der Waals surface area contributed by atoms with Crippen LogP contribution in [0.15, 0.2) is 59.0 Å². The van der Waals surface area contributed by atoms with Crippen molar-refractivity contribution in [2.75, 3.05) is 5.32 Å². The molecule has 1 heterocycles. The summed E-state index contributed by atoms with van der Waals surface area (Å²) in [4.78, 5) is 12.1. The first-order valence-electron chi connectivity index (χ1n) is 8.23. The Bertz CT molecular complexity index is 898. The van der Waals surface area contributed by atoms with Crippen molar-refractivity contribution in [3.8, 4) is 11.3 Å². The van der Waals surface area contributed by atoms with E-state index in [9.17, 15) is 4.79 Å². The molecular formula is C21H20ClNO2. The zero-order chi connectivity index (χ0) is 17.8. The Hall–Kier alpha value is -2.52. The predicted octanol–water partition coefficient (Wildman–Crippen LogP) is 5.79. The maximum atomic E-state index is 12.1. The van der Waals surface area contributed by atoms with Crippen LogP contribution in [0, 0.1) is 13.8 Å². The van der Waals surface area contributed by atoms with Crippen LogP contribution in [-0.2, 0) is 11.2 Å². The first-order valence-corrected chi connectivity index (χ1v) is 8.61. The summed E-state index contributed by atoms with van der Waals surface area (Å²) in [6.07, 6.45) is 0.906. The summed E-state index contributed by atoms with van der Waals surface area (Å²) in [5, 5.41) is 3.44. The van der Waals surface area contributed by atoms with Gasteiger partial charge in [0.25, 0.3) is 0 Å². The van der Waals surface area contributed by atoms with Crippen LogP contribution in [0.2, 0.25) is 5.02 Å². The lowest BCUT2D eigenvalue weighted by molar-refractivity contribution is -0.116. The highest BCUT2D eigenvalue weighted by molar-refractivity contribution is 6.30. The van der Waals surface area contributed by atoms with E-state index in [0.717, 1.165) is 17.1 Å². The number of amides is 1. The lowest BCUT2D eigenvalue weighted by atomic mass is 10.1. The predicted molar refractivity (Wildman–Crippen MR) is 102 cm³/mol. The molecule has 2 aromatic carbocycles. The number of carbonyl (C=O) groups is 1. The summed E-state index contributed by atoms with van der Waals surface area (Å²) in [7, 11) is 0. The third-order valence-electron chi connectivity index (χ3n) is 4.16. The summed E-state index contributed by atoms with van der Waals surface area (Å²) >= 11 is 5.92. The van der Waals surface area contributed by atoms with E-state index in [0.29, 0.717) is 23.6 Å². The molecule has 3 aromatic rings. The van der Waals surface area contributed by atoms with Crippen molar-refractivity contribution < 1.29 is 9.21 Å². The molecule has 0 radical (unpaired) electrons. The van der Waals surface area contributed by atoms with E-state index in [1.807, 2.05) is 18.2 Å². The van der Waals surface area contributed by atoms with Gasteiger partial charge in [0.2, 0.25) is 5.91 Å². The molecule has 128 valence electrons. The van der Waals surface area contributed by atoms with Crippen LogP contribution in [-0.4, -0.2) is 5.91 Å². The molecule has 0 bridgehead atoms. The first-order chi connectivity index (χ1) is 12.0. The number of anilines is 1. The molecule has 3 rings (SSSR count). The molecule has 25 heavy (non-hydrogen) atoms. The molecule has 1 amide bonds. The second-order valence-electron chi connectivity index (χ2n) is 6.12. The number of furan rings is 1. The standard InChI is InChI=1S/C21H20ClNO2/c1-14-6-7-16(12-15(14)2)20-10-8-19(25-20)9-11-21(24)23-18-5-3-4-17(22)13-18/h3-8,10,12-13H,9,11H2,1-2H3,(H,23,24). The zero-order valence-electron chi connectivity index (χ0n) is 14.3. The molecule has 0 aliphatic carbocycles. The van der Waals surface area contributed by atoms with Gasteiger partial charge in [0.05, 0.1) is 0 Å². The minimum absolute atomic E-state index is 0.0635. The average Bonchev–Trinajstić information content (AvgIpc) is 3.04. The highest BCUT2D eigenvalue weighted by Crippen LogP contribution is 2.25. The Morgan fingerprint density at radius 3 is 2.64 bits per heavy atom. The Labute approximate surface area is 152 Å². The highest BCUT2D eigenvalue weighted by atomic mass is 35.5. The molecule has 0 spiro atoms. The maximum absolute atomic E-state index is 12.1. The van der Waals surface area contributed by atoms with Crippen LogP contribution in [0.5, 0.6) is 0 Å².